The molecule has 0 aliphatic carbocycles. The van der Waals surface area contributed by atoms with Gasteiger partial charge in [-0.25, -0.2) is 0 Å². The number of hydrogen-bond donors (Lipinski definition) is 2. The second-order valence-corrected chi connectivity index (χ2v) is 10.4. The van der Waals surface area contributed by atoms with Gasteiger partial charge in [0.1, 0.15) is 17.9 Å². The number of carbonyl (C=O) groups is 1. The number of nitrogens with one attached hydrogen (secondary N) is 2. The maximum atomic E-state index is 12.9. The van der Waals surface area contributed by atoms with Gasteiger partial charge in [0.15, 0.2) is 0 Å². The number of fused-ring (bicyclic) bond motifs is 1. The molecule has 3 aromatic rings. The van der Waals surface area contributed by atoms with E-state index in [1.165, 1.54) is 6.20 Å². The average molecular weight is 525 g/mol. The van der Waals surface area contributed by atoms with E-state index in [1.807, 2.05) is 24.5 Å². The number of carbonyl (C=O) groups excluding carboxylic acids is 1. The van der Waals surface area contributed by atoms with E-state index in [0.717, 1.165) is 37.4 Å². The molecule has 1 amide bonds. The Morgan fingerprint density at radius 3 is 2.75 bits per heavy atom. The van der Waals surface area contributed by atoms with E-state index in [0.29, 0.717) is 39.2 Å². The summed E-state index contributed by atoms with van der Waals surface area (Å²) in [6.07, 6.45) is 5.36. The number of H-pyrrole nitrogens is 1. The number of piperidine rings is 1. The molecule has 1 aliphatic heterocycles. The fraction of sp³-hybridized carbons (Fsp3) is 0.370. The minimum Gasteiger partial charge on any atom is -0.490 e. The molecule has 2 heterocycles. The molecule has 0 saturated carbocycles. The zero-order chi connectivity index (χ0) is 25.7. The van der Waals surface area contributed by atoms with E-state index < -0.39 is 0 Å². The Hall–Kier alpha value is -2.99. The fourth-order valence-corrected chi connectivity index (χ4v) is 5.14. The van der Waals surface area contributed by atoms with Gasteiger partial charge in [-0.05, 0) is 49.3 Å². The minimum atomic E-state index is -0.194. The second-order valence-electron chi connectivity index (χ2n) is 9.13. The Labute approximate surface area is 219 Å². The lowest BCUT2D eigenvalue weighted by Gasteiger charge is -2.33. The number of nitrogens with zero attached hydrogens (tertiary/aromatic N) is 2. The third-order valence-corrected chi connectivity index (χ3v) is 7.47. The van der Waals surface area contributed by atoms with E-state index in [9.17, 15) is 9.59 Å². The highest BCUT2D eigenvalue weighted by atomic mass is 35.5. The van der Waals surface area contributed by atoms with Gasteiger partial charge in [0.25, 0.3) is 11.5 Å². The minimum absolute atomic E-state index is 0.111. The molecule has 0 unspecified atom stereocenters. The zero-order valence-electron chi connectivity index (χ0n) is 20.3. The van der Waals surface area contributed by atoms with Crippen LogP contribution in [0.5, 0.6) is 5.75 Å². The Bertz CT molecular complexity index is 1350. The van der Waals surface area contributed by atoms with Crippen molar-refractivity contribution in [3.05, 3.63) is 69.1 Å². The van der Waals surface area contributed by atoms with Gasteiger partial charge in [-0.2, -0.15) is 5.26 Å². The van der Waals surface area contributed by atoms with Gasteiger partial charge in [0.05, 0.1) is 16.1 Å². The second kappa shape index (κ2) is 11.8. The Morgan fingerprint density at radius 1 is 1.28 bits per heavy atom. The van der Waals surface area contributed by atoms with Crippen LogP contribution >= 0.6 is 23.4 Å². The standard InChI is InChI=1S/C27H29ClN4O3S/c1-17(14-30-27(34)24-15-31-26(33)23-12-21(36-2)5-6-22(23)24)16-32-9-7-19(8-10-32)35-20-4-3-18(13-29)25(28)11-20/h3-6,11-12,15,17,19H,7-10,14,16H2,1-2H3,(H,30,34)(H,31,33)/t17-/m1/s1. The van der Waals surface area contributed by atoms with Crippen LogP contribution < -0.4 is 15.6 Å². The first kappa shape index (κ1) is 26.1. The number of benzene rings is 2. The van der Waals surface area contributed by atoms with Gasteiger partial charge >= 0.3 is 0 Å². The van der Waals surface area contributed by atoms with Crippen LogP contribution in [0.25, 0.3) is 10.8 Å². The summed E-state index contributed by atoms with van der Waals surface area (Å²) < 4.78 is 6.07. The first-order valence-corrected chi connectivity index (χ1v) is 13.5. The van der Waals surface area contributed by atoms with Crippen molar-refractivity contribution in [2.45, 2.75) is 30.8 Å². The third-order valence-electron chi connectivity index (χ3n) is 6.43. The molecular formula is C27H29ClN4O3S. The number of aromatic nitrogens is 1. The largest absolute Gasteiger partial charge is 0.490 e. The van der Waals surface area contributed by atoms with Crippen molar-refractivity contribution in [3.63, 3.8) is 0 Å². The van der Waals surface area contributed by atoms with Gasteiger partial charge in [-0.1, -0.05) is 24.6 Å². The number of aromatic amines is 1. The number of thioether (sulfide) groups is 1. The van der Waals surface area contributed by atoms with Gasteiger partial charge in [0, 0.05) is 54.1 Å². The summed E-state index contributed by atoms with van der Waals surface area (Å²) in [6, 6.07) is 12.8. The number of amides is 1. The molecule has 1 saturated heterocycles. The van der Waals surface area contributed by atoms with Crippen LogP contribution in [0.15, 0.2) is 52.3 Å². The topological polar surface area (TPSA) is 98.2 Å². The number of likely N-dealkylation sites (tertiary alicyclic amines) is 1. The van der Waals surface area contributed by atoms with Crippen LogP contribution in [0.2, 0.25) is 5.02 Å². The quantitative estimate of drug-likeness (QED) is 0.415. The van der Waals surface area contributed by atoms with Gasteiger partial charge in [-0.3, -0.25) is 9.59 Å². The number of ether oxygens (including phenoxy) is 1. The highest BCUT2D eigenvalue weighted by Crippen LogP contribution is 2.25. The Kier molecular flexibility index (Phi) is 8.57. The molecule has 2 N–H and O–H groups in total. The number of hydrogen-bond acceptors (Lipinski definition) is 6. The molecule has 1 fully saturated rings. The summed E-state index contributed by atoms with van der Waals surface area (Å²) in [4.78, 5) is 31.2. The van der Waals surface area contributed by atoms with Gasteiger partial charge < -0.3 is 19.9 Å². The van der Waals surface area contributed by atoms with Crippen molar-refractivity contribution in [1.82, 2.24) is 15.2 Å². The van der Waals surface area contributed by atoms with E-state index in [2.05, 4.69) is 28.2 Å². The van der Waals surface area contributed by atoms with Crippen molar-refractivity contribution in [2.75, 3.05) is 32.4 Å². The summed E-state index contributed by atoms with van der Waals surface area (Å²) in [7, 11) is 0. The summed E-state index contributed by atoms with van der Waals surface area (Å²) in [6.45, 7) is 5.36. The Balaban J connectivity index is 1.26. The molecule has 7 nitrogen and oxygen atoms in total. The summed E-state index contributed by atoms with van der Waals surface area (Å²) >= 11 is 7.67. The first-order valence-electron chi connectivity index (χ1n) is 11.9. The smallest absolute Gasteiger partial charge is 0.255 e. The molecule has 9 heteroatoms. The summed E-state index contributed by atoms with van der Waals surface area (Å²) in [5.74, 6) is 0.766. The molecule has 2 aromatic carbocycles. The predicted molar refractivity (Wildman–Crippen MR) is 144 cm³/mol. The monoisotopic (exact) mass is 524 g/mol. The van der Waals surface area contributed by atoms with E-state index in [1.54, 1.807) is 30.0 Å². The zero-order valence-corrected chi connectivity index (χ0v) is 21.9. The summed E-state index contributed by atoms with van der Waals surface area (Å²) in [5, 5.41) is 13.6. The molecule has 188 valence electrons. The molecule has 1 aliphatic rings. The third kappa shape index (κ3) is 6.22. The first-order chi connectivity index (χ1) is 17.4. The molecule has 0 spiro atoms. The summed E-state index contributed by atoms with van der Waals surface area (Å²) in [5.41, 5.74) is 0.726. The van der Waals surface area contributed by atoms with Crippen molar-refractivity contribution in [3.8, 4) is 11.8 Å². The molecule has 0 bridgehead atoms. The molecule has 1 atom stereocenters. The van der Waals surface area contributed by atoms with Crippen LogP contribution in [0.4, 0.5) is 0 Å². The van der Waals surface area contributed by atoms with Crippen molar-refractivity contribution in [2.24, 2.45) is 5.92 Å². The number of nitriles is 1. The van der Waals surface area contributed by atoms with Crippen LogP contribution in [-0.2, 0) is 0 Å². The van der Waals surface area contributed by atoms with Crippen molar-refractivity contribution in [1.29, 1.82) is 5.26 Å². The maximum absolute atomic E-state index is 12.9. The average Bonchev–Trinajstić information content (AvgIpc) is 2.88. The highest BCUT2D eigenvalue weighted by Gasteiger charge is 2.22. The lowest BCUT2D eigenvalue weighted by atomic mass is 10.0. The van der Waals surface area contributed by atoms with Gasteiger partial charge in [-0.15, -0.1) is 11.8 Å². The molecular weight excluding hydrogens is 496 g/mol. The van der Waals surface area contributed by atoms with Crippen LogP contribution in [0, 0.1) is 17.2 Å². The van der Waals surface area contributed by atoms with Crippen molar-refractivity contribution >= 4 is 40.0 Å². The van der Waals surface area contributed by atoms with Crippen LogP contribution in [0.1, 0.15) is 35.7 Å². The Morgan fingerprint density at radius 2 is 2.06 bits per heavy atom. The van der Waals surface area contributed by atoms with E-state index in [4.69, 9.17) is 21.6 Å². The van der Waals surface area contributed by atoms with Crippen molar-refractivity contribution < 1.29 is 9.53 Å². The predicted octanol–water partition coefficient (Wildman–Crippen LogP) is 4.68. The van der Waals surface area contributed by atoms with E-state index in [-0.39, 0.29) is 23.5 Å². The lowest BCUT2D eigenvalue weighted by molar-refractivity contribution is 0.0886. The molecule has 1 aromatic heterocycles. The lowest BCUT2D eigenvalue weighted by Crippen LogP contribution is -2.42. The number of rotatable bonds is 8. The maximum Gasteiger partial charge on any atom is 0.255 e. The molecule has 36 heavy (non-hydrogen) atoms. The van der Waals surface area contributed by atoms with Crippen LogP contribution in [0.3, 0.4) is 0 Å². The number of pyridine rings is 1. The fourth-order valence-electron chi connectivity index (χ4n) is 4.48. The highest BCUT2D eigenvalue weighted by molar-refractivity contribution is 7.98. The molecule has 0 radical (unpaired) electrons. The number of halogens is 1. The van der Waals surface area contributed by atoms with Crippen LogP contribution in [-0.4, -0.2) is 54.3 Å². The van der Waals surface area contributed by atoms with Gasteiger partial charge in [0.2, 0.25) is 0 Å². The normalized spacial score (nSPS) is 15.4. The van der Waals surface area contributed by atoms with E-state index >= 15 is 0 Å². The molecule has 4 rings (SSSR count). The SMILES string of the molecule is CSc1ccc2c(C(=O)NC[C@@H](C)CN3CCC(Oc4ccc(C#N)c(Cl)c4)CC3)c[nH]c(=O)c2c1.